The van der Waals surface area contributed by atoms with Gasteiger partial charge in [-0.05, 0) is 31.6 Å². The second-order valence-electron chi connectivity index (χ2n) is 7.46. The van der Waals surface area contributed by atoms with Crippen LogP contribution in [0.25, 0.3) is 0 Å². The van der Waals surface area contributed by atoms with Gasteiger partial charge in [-0.2, -0.15) is 0 Å². The second-order valence-corrected chi connectivity index (χ2v) is 7.46. The van der Waals surface area contributed by atoms with Gasteiger partial charge >= 0.3 is 0 Å². The van der Waals surface area contributed by atoms with Gasteiger partial charge in [0, 0.05) is 25.7 Å². The van der Waals surface area contributed by atoms with Crippen molar-refractivity contribution in [3.05, 3.63) is 11.9 Å². The van der Waals surface area contributed by atoms with Crippen LogP contribution in [0.2, 0.25) is 0 Å². The molecular weight excluding hydrogens is 290 g/mol. The van der Waals surface area contributed by atoms with E-state index in [2.05, 4.69) is 34.4 Å². The number of hydrogen-bond acceptors (Lipinski definition) is 4. The van der Waals surface area contributed by atoms with Crippen molar-refractivity contribution in [2.45, 2.75) is 64.5 Å². The number of hydrogen-bond donors (Lipinski definition) is 1. The van der Waals surface area contributed by atoms with E-state index in [1.807, 2.05) is 10.9 Å². The topological polar surface area (TPSA) is 63.1 Å². The fourth-order valence-corrected chi connectivity index (χ4v) is 3.77. The van der Waals surface area contributed by atoms with Gasteiger partial charge in [0.15, 0.2) is 5.69 Å². The molecule has 0 bridgehead atoms. The Morgan fingerprint density at radius 1 is 1.26 bits per heavy atom. The monoisotopic (exact) mass is 319 g/mol. The molecule has 1 aliphatic heterocycles. The van der Waals surface area contributed by atoms with Crippen LogP contribution >= 0.6 is 0 Å². The number of amides is 1. The molecule has 1 aliphatic carbocycles. The molecule has 6 heteroatoms. The zero-order valence-corrected chi connectivity index (χ0v) is 14.4. The lowest BCUT2D eigenvalue weighted by Gasteiger charge is -2.32. The quantitative estimate of drug-likeness (QED) is 0.904. The number of carbonyl (C=O) groups is 1. The zero-order chi connectivity index (χ0) is 16.2. The molecule has 2 aliphatic rings. The van der Waals surface area contributed by atoms with Gasteiger partial charge in [-0.25, -0.2) is 4.68 Å². The van der Waals surface area contributed by atoms with Gasteiger partial charge in [0.05, 0.1) is 12.2 Å². The van der Waals surface area contributed by atoms with E-state index >= 15 is 0 Å². The Kier molecular flexibility index (Phi) is 5.30. The Morgan fingerprint density at radius 3 is 2.61 bits per heavy atom. The summed E-state index contributed by atoms with van der Waals surface area (Å²) in [5.41, 5.74) is 0.460. The van der Waals surface area contributed by atoms with Crippen molar-refractivity contribution in [1.29, 1.82) is 0 Å². The van der Waals surface area contributed by atoms with Crippen molar-refractivity contribution < 1.29 is 4.79 Å². The molecule has 0 aromatic carbocycles. The van der Waals surface area contributed by atoms with E-state index in [0.29, 0.717) is 23.7 Å². The van der Waals surface area contributed by atoms with Crippen LogP contribution < -0.4 is 5.32 Å². The molecule has 1 saturated heterocycles. The lowest BCUT2D eigenvalue weighted by Crippen LogP contribution is -2.37. The lowest BCUT2D eigenvalue weighted by atomic mass is 10.0. The van der Waals surface area contributed by atoms with Gasteiger partial charge in [0.25, 0.3) is 5.91 Å². The third-order valence-electron chi connectivity index (χ3n) is 4.99. The molecular formula is C17H29N5O. The SMILES string of the molecule is CC(C)CN1CCC(n2cc(C(=O)NC3CCCC3)nn2)CC1. The average molecular weight is 319 g/mol. The van der Waals surface area contributed by atoms with E-state index in [1.54, 1.807) is 0 Å². The molecule has 1 amide bonds. The summed E-state index contributed by atoms with van der Waals surface area (Å²) in [5.74, 6) is 0.643. The Balaban J connectivity index is 1.52. The summed E-state index contributed by atoms with van der Waals surface area (Å²) in [6.45, 7) is 7.90. The molecule has 1 saturated carbocycles. The number of rotatable bonds is 5. The van der Waals surface area contributed by atoms with Crippen LogP contribution in [0.3, 0.4) is 0 Å². The number of carbonyl (C=O) groups excluding carboxylic acids is 1. The number of nitrogens with one attached hydrogen (secondary N) is 1. The first-order valence-electron chi connectivity index (χ1n) is 9.07. The maximum absolute atomic E-state index is 12.2. The molecule has 1 aromatic heterocycles. The maximum Gasteiger partial charge on any atom is 0.273 e. The van der Waals surface area contributed by atoms with Crippen LogP contribution in [0.5, 0.6) is 0 Å². The highest BCUT2D eigenvalue weighted by Crippen LogP contribution is 2.22. The molecule has 23 heavy (non-hydrogen) atoms. The van der Waals surface area contributed by atoms with E-state index < -0.39 is 0 Å². The minimum atomic E-state index is -0.0691. The van der Waals surface area contributed by atoms with Crippen LogP contribution in [0.15, 0.2) is 6.20 Å². The summed E-state index contributed by atoms with van der Waals surface area (Å²) in [7, 11) is 0. The van der Waals surface area contributed by atoms with Gasteiger partial charge in [-0.3, -0.25) is 4.79 Å². The zero-order valence-electron chi connectivity index (χ0n) is 14.4. The predicted molar refractivity (Wildman–Crippen MR) is 89.3 cm³/mol. The molecule has 6 nitrogen and oxygen atoms in total. The molecule has 128 valence electrons. The van der Waals surface area contributed by atoms with Crippen molar-refractivity contribution >= 4 is 5.91 Å². The molecule has 2 fully saturated rings. The molecule has 0 unspecified atom stereocenters. The summed E-state index contributed by atoms with van der Waals surface area (Å²) in [5, 5.41) is 11.4. The molecule has 0 atom stereocenters. The molecule has 2 heterocycles. The molecule has 1 aromatic rings. The average Bonchev–Trinajstić information content (AvgIpc) is 3.18. The van der Waals surface area contributed by atoms with Gasteiger partial charge in [-0.15, -0.1) is 5.10 Å². The van der Waals surface area contributed by atoms with E-state index in [4.69, 9.17) is 0 Å². The van der Waals surface area contributed by atoms with Gasteiger partial charge < -0.3 is 10.2 Å². The number of nitrogens with zero attached hydrogens (tertiary/aromatic N) is 4. The first-order chi connectivity index (χ1) is 11.1. The Labute approximate surface area is 138 Å². The maximum atomic E-state index is 12.2. The third-order valence-corrected chi connectivity index (χ3v) is 4.99. The van der Waals surface area contributed by atoms with Crippen molar-refractivity contribution in [1.82, 2.24) is 25.2 Å². The number of likely N-dealkylation sites (tertiary alicyclic amines) is 1. The Bertz CT molecular complexity index is 513. The van der Waals surface area contributed by atoms with Crippen molar-refractivity contribution in [2.24, 2.45) is 5.92 Å². The lowest BCUT2D eigenvalue weighted by molar-refractivity contribution is 0.0932. The standard InChI is InChI=1S/C17H29N5O/c1-13(2)11-21-9-7-15(8-10-21)22-12-16(19-20-22)17(23)18-14-5-3-4-6-14/h12-15H,3-11H2,1-2H3,(H,18,23). The highest BCUT2D eigenvalue weighted by Gasteiger charge is 2.24. The summed E-state index contributed by atoms with van der Waals surface area (Å²) < 4.78 is 1.90. The smallest absolute Gasteiger partial charge is 0.273 e. The van der Waals surface area contributed by atoms with Crippen molar-refractivity contribution in [3.63, 3.8) is 0 Å². The normalized spacial score (nSPS) is 21.2. The Morgan fingerprint density at radius 2 is 1.96 bits per heavy atom. The minimum absolute atomic E-state index is 0.0691. The van der Waals surface area contributed by atoms with E-state index in [9.17, 15) is 4.79 Å². The van der Waals surface area contributed by atoms with Crippen molar-refractivity contribution in [3.8, 4) is 0 Å². The van der Waals surface area contributed by atoms with Gasteiger partial charge in [0.2, 0.25) is 0 Å². The van der Waals surface area contributed by atoms with Crippen LogP contribution in [-0.2, 0) is 0 Å². The summed E-state index contributed by atoms with van der Waals surface area (Å²) >= 11 is 0. The molecule has 3 rings (SSSR count). The van der Waals surface area contributed by atoms with Gasteiger partial charge in [-0.1, -0.05) is 31.9 Å². The highest BCUT2D eigenvalue weighted by atomic mass is 16.2. The van der Waals surface area contributed by atoms with Gasteiger partial charge in [0.1, 0.15) is 0 Å². The minimum Gasteiger partial charge on any atom is -0.348 e. The van der Waals surface area contributed by atoms with Crippen LogP contribution in [0.4, 0.5) is 0 Å². The first kappa shape index (κ1) is 16.4. The summed E-state index contributed by atoms with van der Waals surface area (Å²) in [6, 6.07) is 0.700. The first-order valence-corrected chi connectivity index (χ1v) is 9.07. The number of piperidine rings is 1. The summed E-state index contributed by atoms with van der Waals surface area (Å²) in [6.07, 6.45) is 8.61. The van der Waals surface area contributed by atoms with Crippen LogP contribution in [-0.4, -0.2) is 51.5 Å². The van der Waals surface area contributed by atoms with Crippen LogP contribution in [0, 0.1) is 5.92 Å². The summed E-state index contributed by atoms with van der Waals surface area (Å²) in [4.78, 5) is 14.8. The highest BCUT2D eigenvalue weighted by molar-refractivity contribution is 5.92. The fourth-order valence-electron chi connectivity index (χ4n) is 3.77. The predicted octanol–water partition coefficient (Wildman–Crippen LogP) is 2.24. The largest absolute Gasteiger partial charge is 0.348 e. The molecule has 0 radical (unpaired) electrons. The van der Waals surface area contributed by atoms with E-state index in [1.165, 1.54) is 19.4 Å². The molecule has 1 N–H and O–H groups in total. The van der Waals surface area contributed by atoms with Crippen LogP contribution in [0.1, 0.15) is 68.9 Å². The molecule has 0 spiro atoms. The second kappa shape index (κ2) is 7.43. The van der Waals surface area contributed by atoms with E-state index in [0.717, 1.165) is 38.8 Å². The third kappa shape index (κ3) is 4.31. The van der Waals surface area contributed by atoms with Crippen molar-refractivity contribution in [2.75, 3.05) is 19.6 Å². The number of aromatic nitrogens is 3. The fraction of sp³-hybridized carbons (Fsp3) is 0.824. The van der Waals surface area contributed by atoms with E-state index in [-0.39, 0.29) is 5.91 Å². The Hall–Kier alpha value is -1.43.